The number of esters is 1. The van der Waals surface area contributed by atoms with E-state index in [9.17, 15) is 4.79 Å². The molecule has 0 bridgehead atoms. The van der Waals surface area contributed by atoms with Crippen LogP contribution in [0, 0.1) is 0 Å². The van der Waals surface area contributed by atoms with Crippen LogP contribution in [-0.4, -0.2) is 19.2 Å². The summed E-state index contributed by atoms with van der Waals surface area (Å²) in [5.41, 5.74) is 1.78. The third kappa shape index (κ3) is 4.72. The second kappa shape index (κ2) is 6.74. The van der Waals surface area contributed by atoms with Crippen molar-refractivity contribution in [2.75, 3.05) is 13.2 Å². The van der Waals surface area contributed by atoms with Crippen molar-refractivity contribution in [2.45, 2.75) is 20.3 Å². The van der Waals surface area contributed by atoms with Crippen molar-refractivity contribution < 1.29 is 14.3 Å². The SMILES string of the molecule is C=C(C)COc1ccccc1CC(=O)OCC. The maximum Gasteiger partial charge on any atom is 0.310 e. The van der Waals surface area contributed by atoms with E-state index in [0.717, 1.165) is 11.1 Å². The molecule has 1 aromatic rings. The van der Waals surface area contributed by atoms with Crippen LogP contribution in [0.2, 0.25) is 0 Å². The summed E-state index contributed by atoms with van der Waals surface area (Å²) in [5, 5.41) is 0. The second-order valence-electron chi connectivity index (χ2n) is 3.84. The minimum absolute atomic E-state index is 0.236. The summed E-state index contributed by atoms with van der Waals surface area (Å²) in [6, 6.07) is 7.47. The van der Waals surface area contributed by atoms with Crippen molar-refractivity contribution in [1.82, 2.24) is 0 Å². The molecule has 0 aromatic heterocycles. The van der Waals surface area contributed by atoms with Gasteiger partial charge in [0.1, 0.15) is 12.4 Å². The fourth-order valence-corrected chi connectivity index (χ4v) is 1.36. The van der Waals surface area contributed by atoms with Crippen molar-refractivity contribution in [1.29, 1.82) is 0 Å². The molecule has 3 heteroatoms. The van der Waals surface area contributed by atoms with Crippen molar-refractivity contribution in [3.05, 3.63) is 42.0 Å². The van der Waals surface area contributed by atoms with E-state index < -0.39 is 0 Å². The molecule has 0 heterocycles. The molecule has 1 aromatic carbocycles. The Bertz CT molecular complexity index is 396. The van der Waals surface area contributed by atoms with Crippen LogP contribution in [0.25, 0.3) is 0 Å². The first kappa shape index (κ1) is 13.3. The van der Waals surface area contributed by atoms with Crippen LogP contribution < -0.4 is 4.74 Å². The topological polar surface area (TPSA) is 35.5 Å². The fourth-order valence-electron chi connectivity index (χ4n) is 1.36. The second-order valence-corrected chi connectivity index (χ2v) is 3.84. The van der Waals surface area contributed by atoms with Crippen molar-refractivity contribution in [2.24, 2.45) is 0 Å². The minimum atomic E-state index is -0.237. The standard InChI is InChI=1S/C14H18O3/c1-4-16-14(15)9-12-7-5-6-8-13(12)17-10-11(2)3/h5-8H,2,4,9-10H2,1,3H3. The molecule has 0 spiro atoms. The lowest BCUT2D eigenvalue weighted by Gasteiger charge is -2.10. The minimum Gasteiger partial charge on any atom is -0.489 e. The van der Waals surface area contributed by atoms with Gasteiger partial charge in [-0.1, -0.05) is 24.8 Å². The lowest BCUT2D eigenvalue weighted by Crippen LogP contribution is -2.09. The van der Waals surface area contributed by atoms with Gasteiger partial charge in [0.2, 0.25) is 0 Å². The summed E-state index contributed by atoms with van der Waals surface area (Å²) in [6.45, 7) is 8.32. The Morgan fingerprint density at radius 1 is 1.35 bits per heavy atom. The van der Waals surface area contributed by atoms with Gasteiger partial charge < -0.3 is 9.47 Å². The van der Waals surface area contributed by atoms with E-state index in [1.807, 2.05) is 31.2 Å². The molecule has 1 rings (SSSR count). The number of rotatable bonds is 6. The summed E-state index contributed by atoms with van der Waals surface area (Å²) in [4.78, 5) is 11.4. The first-order chi connectivity index (χ1) is 8.13. The van der Waals surface area contributed by atoms with Gasteiger partial charge in [0.05, 0.1) is 13.0 Å². The van der Waals surface area contributed by atoms with E-state index in [2.05, 4.69) is 6.58 Å². The highest BCUT2D eigenvalue weighted by Crippen LogP contribution is 2.19. The molecule has 17 heavy (non-hydrogen) atoms. The monoisotopic (exact) mass is 234 g/mol. The number of ether oxygens (including phenoxy) is 2. The molecular weight excluding hydrogens is 216 g/mol. The van der Waals surface area contributed by atoms with Gasteiger partial charge in [-0.2, -0.15) is 0 Å². The van der Waals surface area contributed by atoms with E-state index in [1.54, 1.807) is 6.92 Å². The molecule has 0 atom stereocenters. The van der Waals surface area contributed by atoms with Crippen LogP contribution in [0.15, 0.2) is 36.4 Å². The number of carbonyl (C=O) groups is 1. The van der Waals surface area contributed by atoms with Crippen LogP contribution in [-0.2, 0) is 16.0 Å². The number of hydrogen-bond donors (Lipinski definition) is 0. The molecule has 3 nitrogen and oxygen atoms in total. The Balaban J connectivity index is 2.70. The van der Waals surface area contributed by atoms with Gasteiger partial charge in [-0.15, -0.1) is 0 Å². The number of hydrogen-bond acceptors (Lipinski definition) is 3. The molecule has 0 aliphatic rings. The third-order valence-corrected chi connectivity index (χ3v) is 2.09. The van der Waals surface area contributed by atoms with Crippen LogP contribution in [0.5, 0.6) is 5.75 Å². The Labute approximate surface area is 102 Å². The molecule has 0 aliphatic heterocycles. The van der Waals surface area contributed by atoms with Gasteiger partial charge in [0, 0.05) is 5.56 Å². The summed E-state index contributed by atoms with van der Waals surface area (Å²) in [6.07, 6.45) is 0.236. The number of benzene rings is 1. The van der Waals surface area contributed by atoms with Crippen LogP contribution >= 0.6 is 0 Å². The smallest absolute Gasteiger partial charge is 0.310 e. The van der Waals surface area contributed by atoms with Crippen LogP contribution in [0.4, 0.5) is 0 Å². The van der Waals surface area contributed by atoms with Crippen molar-refractivity contribution >= 4 is 5.97 Å². The summed E-state index contributed by atoms with van der Waals surface area (Å²) >= 11 is 0. The Hall–Kier alpha value is -1.77. The molecule has 0 saturated carbocycles. The zero-order valence-electron chi connectivity index (χ0n) is 10.4. The van der Waals surface area contributed by atoms with Gasteiger partial charge in [0.15, 0.2) is 0 Å². The van der Waals surface area contributed by atoms with E-state index in [1.165, 1.54) is 0 Å². The van der Waals surface area contributed by atoms with E-state index in [-0.39, 0.29) is 12.4 Å². The lowest BCUT2D eigenvalue weighted by molar-refractivity contribution is -0.142. The molecule has 0 aliphatic carbocycles. The fraction of sp³-hybridized carbons (Fsp3) is 0.357. The maximum absolute atomic E-state index is 11.4. The van der Waals surface area contributed by atoms with E-state index in [0.29, 0.717) is 19.0 Å². The Morgan fingerprint density at radius 2 is 2.06 bits per heavy atom. The predicted octanol–water partition coefficient (Wildman–Crippen LogP) is 2.75. The normalized spacial score (nSPS) is 9.76. The molecular formula is C14H18O3. The van der Waals surface area contributed by atoms with E-state index >= 15 is 0 Å². The largest absolute Gasteiger partial charge is 0.489 e. The molecule has 0 N–H and O–H groups in total. The van der Waals surface area contributed by atoms with Gasteiger partial charge in [-0.3, -0.25) is 4.79 Å². The predicted molar refractivity (Wildman–Crippen MR) is 67.1 cm³/mol. The zero-order valence-corrected chi connectivity index (χ0v) is 10.4. The summed E-state index contributed by atoms with van der Waals surface area (Å²) < 4.78 is 10.5. The van der Waals surface area contributed by atoms with Crippen LogP contribution in [0.3, 0.4) is 0 Å². The maximum atomic E-state index is 11.4. The summed E-state index contributed by atoms with van der Waals surface area (Å²) in [5.74, 6) is 0.474. The van der Waals surface area contributed by atoms with Gasteiger partial charge in [-0.25, -0.2) is 0 Å². The Morgan fingerprint density at radius 3 is 2.71 bits per heavy atom. The zero-order chi connectivity index (χ0) is 12.7. The van der Waals surface area contributed by atoms with Crippen molar-refractivity contribution in [3.63, 3.8) is 0 Å². The van der Waals surface area contributed by atoms with Crippen LogP contribution in [0.1, 0.15) is 19.4 Å². The third-order valence-electron chi connectivity index (χ3n) is 2.09. The van der Waals surface area contributed by atoms with E-state index in [4.69, 9.17) is 9.47 Å². The highest BCUT2D eigenvalue weighted by molar-refractivity contribution is 5.73. The average Bonchev–Trinajstić information content (AvgIpc) is 2.28. The number of carbonyl (C=O) groups excluding carboxylic acids is 1. The summed E-state index contributed by atoms with van der Waals surface area (Å²) in [7, 11) is 0. The van der Waals surface area contributed by atoms with Crippen molar-refractivity contribution in [3.8, 4) is 5.75 Å². The number of para-hydroxylation sites is 1. The Kier molecular flexibility index (Phi) is 5.27. The average molecular weight is 234 g/mol. The highest BCUT2D eigenvalue weighted by atomic mass is 16.5. The van der Waals surface area contributed by atoms with Gasteiger partial charge in [0.25, 0.3) is 0 Å². The first-order valence-corrected chi connectivity index (χ1v) is 5.64. The first-order valence-electron chi connectivity index (χ1n) is 5.64. The van der Waals surface area contributed by atoms with Gasteiger partial charge >= 0.3 is 5.97 Å². The quantitative estimate of drug-likeness (QED) is 0.561. The molecule has 0 saturated heterocycles. The molecule has 92 valence electrons. The van der Waals surface area contributed by atoms with Gasteiger partial charge in [-0.05, 0) is 25.5 Å². The molecule has 0 radical (unpaired) electrons. The molecule has 0 amide bonds. The lowest BCUT2D eigenvalue weighted by atomic mass is 10.1. The highest BCUT2D eigenvalue weighted by Gasteiger charge is 2.09. The molecule has 0 fully saturated rings. The molecule has 0 unspecified atom stereocenters.